The zero-order valence-corrected chi connectivity index (χ0v) is 67.0. The Morgan fingerprint density at radius 2 is 0.225 bits per heavy atom. The van der Waals surface area contributed by atoms with E-state index in [9.17, 15) is 0 Å². The molecule has 0 N–H and O–H groups in total. The van der Waals surface area contributed by atoms with Gasteiger partial charge in [-0.1, -0.05) is 518 Å². The maximum atomic E-state index is 2.16. The van der Waals surface area contributed by atoms with Gasteiger partial charge in [0.2, 0.25) is 0 Å². The molecule has 0 aliphatic heterocycles. The van der Waals surface area contributed by atoms with E-state index in [1.807, 2.05) is 312 Å². The van der Waals surface area contributed by atoms with Gasteiger partial charge in [-0.3, -0.25) is 0 Å². The first kappa shape index (κ1) is 120. The van der Waals surface area contributed by atoms with Gasteiger partial charge in [0.25, 0.3) is 0 Å². The topological polar surface area (TPSA) is 0 Å². The van der Waals surface area contributed by atoms with Gasteiger partial charge in [0, 0.05) is 0 Å². The average Bonchev–Trinajstić information content (AvgIpc) is 3.84. The van der Waals surface area contributed by atoms with Crippen molar-refractivity contribution in [1.82, 2.24) is 0 Å². The number of hydrogen-bond acceptors (Lipinski definition) is 0. The van der Waals surface area contributed by atoms with Crippen LogP contribution in [0.3, 0.4) is 0 Å². The Kier molecular flexibility index (Phi) is 195. The molecule has 514 valence electrons. The summed E-state index contributed by atoms with van der Waals surface area (Å²) in [5.74, 6) is 0. The molecule has 0 heterocycles. The van der Waals surface area contributed by atoms with Crippen LogP contribution < -0.4 is 0 Å². The van der Waals surface area contributed by atoms with Crippen LogP contribution in [0.15, 0.2) is 255 Å². The van der Waals surface area contributed by atoms with Crippen molar-refractivity contribution in [2.24, 2.45) is 0 Å². The molecule has 9 rings (SSSR count). The van der Waals surface area contributed by atoms with Crippen molar-refractivity contribution in [1.29, 1.82) is 0 Å². The fourth-order valence-electron chi connectivity index (χ4n) is 5.34. The van der Waals surface area contributed by atoms with Crippen LogP contribution in [-0.4, -0.2) is 0 Å². The Morgan fingerprint density at radius 1 is 0.124 bits per heavy atom. The van der Waals surface area contributed by atoms with Gasteiger partial charge in [0.15, 0.2) is 0 Å². The first-order chi connectivity index (χ1) is 44.3. The molecule has 0 spiro atoms. The lowest BCUT2D eigenvalue weighted by Crippen LogP contribution is -1.85. The molecule has 0 radical (unpaired) electrons. The molecule has 0 aliphatic rings. The van der Waals surface area contributed by atoms with Crippen molar-refractivity contribution in [3.05, 3.63) is 266 Å². The number of benzene rings is 9. The van der Waals surface area contributed by atoms with Gasteiger partial charge in [0.1, 0.15) is 0 Å². The van der Waals surface area contributed by atoms with Crippen molar-refractivity contribution in [3.63, 3.8) is 0 Å². The van der Waals surface area contributed by atoms with Gasteiger partial charge < -0.3 is 0 Å². The van der Waals surface area contributed by atoms with Crippen LogP contribution in [0.25, 0.3) is 32.7 Å². The number of rotatable bonds is 3. The predicted octanol–water partition coefficient (Wildman–Crippen LogP) is 33.5. The van der Waals surface area contributed by atoms with Gasteiger partial charge >= 0.3 is 0 Å². The third-order valence-corrected chi connectivity index (χ3v) is 7.96. The first-order valence-corrected chi connectivity index (χ1v) is 36.4. The fourth-order valence-corrected chi connectivity index (χ4v) is 5.34. The second-order valence-electron chi connectivity index (χ2n) is 11.7. The van der Waals surface area contributed by atoms with E-state index in [0.717, 1.165) is 6.42 Å². The van der Waals surface area contributed by atoms with E-state index < -0.39 is 0 Å². The van der Waals surface area contributed by atoms with Crippen LogP contribution in [0.4, 0.5) is 0 Å². The van der Waals surface area contributed by atoms with Gasteiger partial charge in [-0.15, -0.1) is 0 Å². The van der Waals surface area contributed by atoms with Crippen LogP contribution in [0.1, 0.15) is 274 Å². The molecule has 0 unspecified atom stereocenters. The van der Waals surface area contributed by atoms with E-state index in [1.54, 1.807) is 0 Å². The molecule has 0 heteroatoms. The molecular weight excluding hydrogens is 1070 g/mol. The molecule has 9 aromatic rings. The summed E-state index contributed by atoms with van der Waals surface area (Å²) in [6, 6.07) is 87.3. The lowest BCUT2D eigenvalue weighted by Gasteiger charge is -2.00. The minimum absolute atomic E-state index is 1.03. The summed E-state index contributed by atoms with van der Waals surface area (Å²) in [5, 5.41) is 5.24. The Labute approximate surface area is 565 Å². The SMILES string of the molecule is CC.CC.CC.CC.CC.CC.CC.CC.CC.CC.CC.CC.CC.CC.CC.CC.CC.CC.CC.c1ccc(-c2ccccc2)cc1.c1ccc(Cc2ccccc2)cc1.c1ccc2ccccc2c1.c1ccc2ccccc2c1.c1ccccc1. The second-order valence-corrected chi connectivity index (χ2v) is 11.7. The molecule has 0 bridgehead atoms. The molecule has 9 aromatic carbocycles. The van der Waals surface area contributed by atoms with Gasteiger partial charge in [0.05, 0.1) is 0 Å². The quantitative estimate of drug-likeness (QED) is 0.165. The maximum Gasteiger partial charge on any atom is -0.00258 e. The standard InChI is InChI=1S/C13H12.C12H10.2C10H8.C6H6.19C2H6/c1-3-7-12(8-4-1)11-13-9-5-2-6-10-13;1-3-7-11(8-4-1)12-9-5-2-6-10-12;2*1-2-6-10-8-4-3-7-9(10)5-1;1-2-4-6-5-3-1;19*1-2/h1-10H,11H2;1-10H;2*1-8H;1-6H;19*1-2H3. The number of fused-ring (bicyclic) bond motifs is 2. The Morgan fingerprint density at radius 3 is 0.360 bits per heavy atom. The van der Waals surface area contributed by atoms with Crippen LogP contribution in [0.2, 0.25) is 0 Å². The highest BCUT2D eigenvalue weighted by molar-refractivity contribution is 5.82. The van der Waals surface area contributed by atoms with Gasteiger partial charge in [-0.2, -0.15) is 0 Å². The summed E-state index contributed by atoms with van der Waals surface area (Å²) in [7, 11) is 0. The summed E-state index contributed by atoms with van der Waals surface area (Å²) < 4.78 is 0. The zero-order valence-electron chi connectivity index (χ0n) is 67.0. The summed E-state index contributed by atoms with van der Waals surface area (Å²) in [4.78, 5) is 0. The van der Waals surface area contributed by atoms with E-state index in [0.29, 0.717) is 0 Å². The van der Waals surface area contributed by atoms with Crippen molar-refractivity contribution in [2.45, 2.75) is 270 Å². The molecule has 0 saturated carbocycles. The zero-order chi connectivity index (χ0) is 73.0. The van der Waals surface area contributed by atoms with Crippen LogP contribution in [-0.2, 0) is 6.42 Å². The third kappa shape index (κ3) is 90.4. The van der Waals surface area contributed by atoms with Crippen molar-refractivity contribution >= 4 is 21.5 Å². The minimum atomic E-state index is 1.03. The highest BCUT2D eigenvalue weighted by Crippen LogP contribution is 2.17. The van der Waals surface area contributed by atoms with Crippen molar-refractivity contribution in [2.75, 3.05) is 0 Å². The maximum absolute atomic E-state index is 2.16. The van der Waals surface area contributed by atoms with Crippen LogP contribution in [0.5, 0.6) is 0 Å². The van der Waals surface area contributed by atoms with Crippen LogP contribution in [0, 0.1) is 0 Å². The summed E-state index contributed by atoms with van der Waals surface area (Å²) in [6.07, 6.45) is 1.03. The molecule has 0 amide bonds. The largest absolute Gasteiger partial charge is 0.0683 e. The van der Waals surface area contributed by atoms with Crippen molar-refractivity contribution in [3.8, 4) is 11.1 Å². The summed E-state index contributed by atoms with van der Waals surface area (Å²) in [5.41, 5.74) is 5.29. The van der Waals surface area contributed by atoms with E-state index >= 15 is 0 Å². The summed E-state index contributed by atoms with van der Waals surface area (Å²) >= 11 is 0. The van der Waals surface area contributed by atoms with E-state index in [-0.39, 0.29) is 0 Å². The third-order valence-electron chi connectivity index (χ3n) is 7.96. The molecule has 0 fully saturated rings. The highest BCUT2D eigenvalue weighted by Gasteiger charge is 1.93. The normalized spacial score (nSPS) is 6.81. The highest BCUT2D eigenvalue weighted by atomic mass is 14.0. The van der Waals surface area contributed by atoms with E-state index in [1.165, 1.54) is 43.8 Å². The molecule has 0 aromatic heterocycles. The lowest BCUT2D eigenvalue weighted by atomic mass is 10.1. The molecule has 0 atom stereocenters. The molecule has 0 aliphatic carbocycles. The predicted molar refractivity (Wildman–Crippen MR) is 438 cm³/mol. The molecule has 0 saturated heterocycles. The van der Waals surface area contributed by atoms with Gasteiger partial charge in [-0.25, -0.2) is 0 Å². The van der Waals surface area contributed by atoms with E-state index in [2.05, 4.69) is 206 Å². The molecule has 0 nitrogen and oxygen atoms in total. The molecular formula is C89H158. The van der Waals surface area contributed by atoms with E-state index in [4.69, 9.17) is 0 Å². The van der Waals surface area contributed by atoms with Gasteiger partial charge in [-0.05, 0) is 50.2 Å². The minimum Gasteiger partial charge on any atom is -0.0683 e. The second kappa shape index (κ2) is 144. The Bertz CT molecular complexity index is 1890. The smallest absolute Gasteiger partial charge is 0.00258 e. The molecule has 89 heavy (non-hydrogen) atoms. The Balaban J connectivity index is -0.0000000525. The fraction of sp³-hybridized carbons (Fsp3) is 0.438. The lowest BCUT2D eigenvalue weighted by molar-refractivity contribution is 1.19. The van der Waals surface area contributed by atoms with Crippen LogP contribution >= 0.6 is 0 Å². The monoisotopic (exact) mass is 1230 g/mol. The first-order valence-electron chi connectivity index (χ1n) is 36.4. The average molecular weight is 1230 g/mol. The van der Waals surface area contributed by atoms with Crippen molar-refractivity contribution < 1.29 is 0 Å². The number of hydrogen-bond donors (Lipinski definition) is 0. The summed E-state index contributed by atoms with van der Waals surface area (Å²) in [6.45, 7) is 76.0. The Hall–Kier alpha value is -6.50.